The van der Waals surface area contributed by atoms with Gasteiger partial charge in [0.2, 0.25) is 41.4 Å². The Labute approximate surface area is 441 Å². The van der Waals surface area contributed by atoms with Crippen LogP contribution in [0.2, 0.25) is 0 Å². The van der Waals surface area contributed by atoms with Gasteiger partial charge in [-0.3, -0.25) is 43.2 Å². The molecule has 1 aliphatic heterocycles. The van der Waals surface area contributed by atoms with Crippen LogP contribution in [0.15, 0.2) is 0 Å². The Hall–Kier alpha value is -5.30. The van der Waals surface area contributed by atoms with Gasteiger partial charge < -0.3 is 51.4 Å². The van der Waals surface area contributed by atoms with Crippen molar-refractivity contribution in [2.75, 3.05) is 14.2 Å². The van der Waals surface area contributed by atoms with Crippen LogP contribution in [-0.2, 0) is 62.2 Å². The van der Waals surface area contributed by atoms with Gasteiger partial charge in [-0.05, 0) is 80.5 Å². The topological polar surface area (TPSA) is 283 Å². The van der Waals surface area contributed by atoms with E-state index in [4.69, 9.17) is 14.2 Å². The number of methoxy groups -OCH3 is 2. The second kappa shape index (κ2) is 35.0. The summed E-state index contributed by atoms with van der Waals surface area (Å²) < 4.78 is 15.8. The summed E-state index contributed by atoms with van der Waals surface area (Å²) in [4.78, 5) is 139. The molecule has 0 aliphatic carbocycles. The summed E-state index contributed by atoms with van der Waals surface area (Å²) in [5.41, 5.74) is 0. The molecule has 20 nitrogen and oxygen atoms in total. The molecular formula is C54H95N7O13. The number of esters is 3. The molecule has 74 heavy (non-hydrogen) atoms. The van der Waals surface area contributed by atoms with E-state index in [1.807, 2.05) is 55.4 Å². The summed E-state index contributed by atoms with van der Waals surface area (Å²) in [6, 6.07) is -9.21. The van der Waals surface area contributed by atoms with E-state index in [1.54, 1.807) is 13.8 Å². The smallest absolute Gasteiger partial charge is 0.328 e. The zero-order chi connectivity index (χ0) is 56.2. The van der Waals surface area contributed by atoms with E-state index in [9.17, 15) is 47.9 Å². The number of unbranched alkanes of at least 4 members (excludes halogenated alkanes) is 5. The second-order valence-electron chi connectivity index (χ2n) is 22.4. The zero-order valence-corrected chi connectivity index (χ0v) is 47.2. The number of rotatable bonds is 23. The predicted octanol–water partition coefficient (Wildman–Crippen LogP) is 4.83. The Morgan fingerprint density at radius 2 is 0.865 bits per heavy atom. The Morgan fingerprint density at radius 1 is 0.459 bits per heavy atom. The fourth-order valence-corrected chi connectivity index (χ4v) is 8.57. The van der Waals surface area contributed by atoms with Crippen LogP contribution in [0.3, 0.4) is 0 Å². The number of amides is 7. The van der Waals surface area contributed by atoms with Crippen LogP contribution in [0.25, 0.3) is 0 Å². The van der Waals surface area contributed by atoms with Crippen LogP contribution in [-0.4, -0.2) is 122 Å². The molecule has 1 aliphatic rings. The molecule has 20 heteroatoms. The van der Waals surface area contributed by atoms with Crippen molar-refractivity contribution in [3.05, 3.63) is 0 Å². The average molecular weight is 1050 g/mol. The molecule has 0 radical (unpaired) electrons. The van der Waals surface area contributed by atoms with Crippen molar-refractivity contribution in [3.8, 4) is 0 Å². The zero-order valence-electron chi connectivity index (χ0n) is 47.2. The maximum atomic E-state index is 14.3. The lowest BCUT2D eigenvalue weighted by Gasteiger charge is -2.29. The first kappa shape index (κ1) is 66.7. The van der Waals surface area contributed by atoms with Crippen LogP contribution in [0.5, 0.6) is 0 Å². The largest absolute Gasteiger partial charge is 0.469 e. The highest BCUT2D eigenvalue weighted by atomic mass is 16.5. The van der Waals surface area contributed by atoms with Crippen LogP contribution in [0.1, 0.15) is 186 Å². The fourth-order valence-electron chi connectivity index (χ4n) is 8.57. The molecule has 7 amide bonds. The van der Waals surface area contributed by atoms with Crippen molar-refractivity contribution in [3.63, 3.8) is 0 Å². The molecule has 8 atom stereocenters. The Morgan fingerprint density at radius 3 is 1.32 bits per heavy atom. The van der Waals surface area contributed by atoms with Gasteiger partial charge in [0.05, 0.1) is 27.1 Å². The highest BCUT2D eigenvalue weighted by Gasteiger charge is 2.37. The number of cyclic esters (lactones) is 1. The van der Waals surface area contributed by atoms with Gasteiger partial charge in [0, 0.05) is 6.42 Å². The number of carbonyl (C=O) groups excluding carboxylic acids is 10. The molecule has 0 bridgehead atoms. The Bertz CT molecular complexity index is 1820. The number of hydrogen-bond donors (Lipinski definition) is 7. The van der Waals surface area contributed by atoms with Crippen molar-refractivity contribution < 1.29 is 62.2 Å². The molecule has 0 spiro atoms. The van der Waals surface area contributed by atoms with Gasteiger partial charge in [-0.25, -0.2) is 4.79 Å². The second-order valence-corrected chi connectivity index (χ2v) is 22.4. The number of carbonyl (C=O) groups is 10. The van der Waals surface area contributed by atoms with E-state index in [0.29, 0.717) is 12.3 Å². The number of hydrogen-bond acceptors (Lipinski definition) is 13. The van der Waals surface area contributed by atoms with E-state index < -0.39 is 120 Å². The lowest BCUT2D eigenvalue weighted by Crippen LogP contribution is -2.61. The van der Waals surface area contributed by atoms with Gasteiger partial charge in [-0.1, -0.05) is 122 Å². The first-order chi connectivity index (χ1) is 34.7. The quantitative estimate of drug-likeness (QED) is 0.0411. The van der Waals surface area contributed by atoms with E-state index >= 15 is 0 Å². The van der Waals surface area contributed by atoms with Crippen molar-refractivity contribution in [2.45, 2.75) is 234 Å². The monoisotopic (exact) mass is 1050 g/mol. The van der Waals surface area contributed by atoms with E-state index in [2.05, 4.69) is 51.1 Å². The summed E-state index contributed by atoms with van der Waals surface area (Å²) in [6.45, 7) is 22.3. The van der Waals surface area contributed by atoms with Gasteiger partial charge in [-0.15, -0.1) is 0 Å². The van der Waals surface area contributed by atoms with E-state index in [1.165, 1.54) is 7.11 Å². The van der Waals surface area contributed by atoms with Gasteiger partial charge >= 0.3 is 17.9 Å². The van der Waals surface area contributed by atoms with Gasteiger partial charge in [0.25, 0.3) is 0 Å². The third kappa shape index (κ3) is 27.3. The average Bonchev–Trinajstić information content (AvgIpc) is 3.29. The number of ether oxygens (including phenoxy) is 3. The fraction of sp³-hybridized carbons (Fsp3) is 0.815. The van der Waals surface area contributed by atoms with Crippen LogP contribution in [0, 0.1) is 35.5 Å². The van der Waals surface area contributed by atoms with Crippen molar-refractivity contribution in [2.24, 2.45) is 35.5 Å². The van der Waals surface area contributed by atoms with E-state index in [-0.39, 0.29) is 75.0 Å². The third-order valence-corrected chi connectivity index (χ3v) is 12.6. The SMILES string of the molecule is COC(=O)CC[C@H]1NC(=O)CC(CCCCCCCCC(C)C)OC(=O)[C@H](CC(C)C)NC(=O)[C@@H](CC(C)C)NC(=O)[C@H](CC(=O)OC)NC(=O)[C@H](C(C)C)NC(=O)C(CC(C)C)NC(=O)[C@H](CC(C)C)NC1=O. The standard InChI is InChI=1S/C54H95N7O13/c1-31(2)21-19-17-15-16-18-20-22-37-29-44(62)55-38(23-24-45(63)72-13)48(65)56-39(25-32(3)4)49(66)58-41(27-34(7)8)52(69)61-47(36(11)12)53(70)59-42(30-46(64)73-14)51(68)57-40(26-33(5)6)50(67)60-43(28-35(9)10)54(71)74-37/h31-43,47H,15-30H2,1-14H3,(H,55,62)(H,56,65)(H,57,68)(H,58,66)(H,59,70)(H,60,67)(H,61,69)/t37?,38-,39+,40-,41?,42+,43+,47+/m1/s1. The maximum absolute atomic E-state index is 14.3. The molecule has 1 fully saturated rings. The van der Waals surface area contributed by atoms with Crippen LogP contribution in [0.4, 0.5) is 0 Å². The first-order valence-corrected chi connectivity index (χ1v) is 27.1. The Balaban J connectivity index is 4.03. The Kier molecular flexibility index (Phi) is 31.6. The summed E-state index contributed by atoms with van der Waals surface area (Å²) >= 11 is 0. The molecule has 7 N–H and O–H groups in total. The van der Waals surface area contributed by atoms with E-state index in [0.717, 1.165) is 45.6 Å². The molecule has 424 valence electrons. The minimum atomic E-state index is -1.59. The van der Waals surface area contributed by atoms with Gasteiger partial charge in [0.15, 0.2) is 0 Å². The molecule has 0 aromatic heterocycles. The normalized spacial score (nSPS) is 23.8. The van der Waals surface area contributed by atoms with Gasteiger partial charge in [-0.2, -0.15) is 0 Å². The predicted molar refractivity (Wildman–Crippen MR) is 280 cm³/mol. The highest BCUT2D eigenvalue weighted by molar-refractivity contribution is 5.98. The molecule has 1 rings (SSSR count). The minimum Gasteiger partial charge on any atom is -0.469 e. The van der Waals surface area contributed by atoms with Crippen molar-refractivity contribution in [1.29, 1.82) is 0 Å². The third-order valence-electron chi connectivity index (χ3n) is 12.6. The van der Waals surface area contributed by atoms with Crippen molar-refractivity contribution in [1.82, 2.24) is 37.2 Å². The van der Waals surface area contributed by atoms with Crippen molar-refractivity contribution >= 4 is 59.3 Å². The molecule has 1 saturated heterocycles. The summed E-state index contributed by atoms with van der Waals surface area (Å²) in [7, 11) is 2.30. The number of nitrogens with one attached hydrogen (secondary N) is 7. The highest BCUT2D eigenvalue weighted by Crippen LogP contribution is 2.19. The first-order valence-electron chi connectivity index (χ1n) is 27.1. The molecule has 0 saturated carbocycles. The molecular weight excluding hydrogens is 955 g/mol. The molecule has 0 aromatic rings. The van der Waals surface area contributed by atoms with Gasteiger partial charge in [0.1, 0.15) is 48.4 Å². The maximum Gasteiger partial charge on any atom is 0.328 e. The molecule has 0 aromatic carbocycles. The summed E-state index contributed by atoms with van der Waals surface area (Å²) in [6.07, 6.45) is 4.81. The molecule has 2 unspecified atom stereocenters. The molecule has 1 heterocycles. The lowest BCUT2D eigenvalue weighted by atomic mass is 9.98. The van der Waals surface area contributed by atoms with Crippen LogP contribution >= 0.6 is 0 Å². The lowest BCUT2D eigenvalue weighted by molar-refractivity contribution is -0.155. The summed E-state index contributed by atoms with van der Waals surface area (Å²) in [5.74, 6) is -8.38. The van der Waals surface area contributed by atoms with Crippen LogP contribution < -0.4 is 37.2 Å². The minimum absolute atomic E-state index is 0.0799. The summed E-state index contributed by atoms with van der Waals surface area (Å²) in [5, 5.41) is 18.9.